The Bertz CT molecular complexity index is 1350. The van der Waals surface area contributed by atoms with Gasteiger partial charge in [-0.05, 0) is 140 Å². The van der Waals surface area contributed by atoms with Crippen molar-refractivity contribution in [1.82, 2.24) is 0 Å². The first-order chi connectivity index (χ1) is 19.4. The van der Waals surface area contributed by atoms with Crippen molar-refractivity contribution in [3.63, 3.8) is 0 Å². The highest BCUT2D eigenvalue weighted by Crippen LogP contribution is 2.48. The van der Waals surface area contributed by atoms with Crippen molar-refractivity contribution >= 4 is 11.9 Å². The Labute approximate surface area is 248 Å². The van der Waals surface area contributed by atoms with Crippen LogP contribution in [-0.4, -0.2) is 43.6 Å². The lowest BCUT2D eigenvalue weighted by atomic mass is 9.71. The van der Waals surface area contributed by atoms with Crippen LogP contribution in [0.4, 0.5) is 0 Å². The molecule has 0 spiro atoms. The number of carbonyl (C=O) groups is 2. The third-order valence-electron chi connectivity index (χ3n) is 10.4. The summed E-state index contributed by atoms with van der Waals surface area (Å²) in [7, 11) is 0. The molecule has 2 aromatic rings. The lowest BCUT2D eigenvalue weighted by molar-refractivity contribution is -0.158. The van der Waals surface area contributed by atoms with Crippen LogP contribution in [0.2, 0.25) is 0 Å². The molecule has 4 rings (SSSR count). The van der Waals surface area contributed by atoms with Crippen molar-refractivity contribution in [3.8, 4) is 23.0 Å². The number of phenols is 2. The monoisotopic (exact) mass is 582 g/mol. The van der Waals surface area contributed by atoms with Crippen molar-refractivity contribution < 1.29 is 39.5 Å². The standard InChI is InChI=1S/C34H46O8/c1-18-20(3)29-24(22(5)27(18)37)9-11-32(7,41-29)13-15-34(31(39)40,17-26(35)36)16-14-33(8)12-10-25-23(6)28(38)19(2)21(4)30(25)42-33/h37-38H,9-17H2,1-8H3,(H,35,36)(H,39,40). The Morgan fingerprint density at radius 1 is 0.690 bits per heavy atom. The molecule has 8 heteroatoms. The molecule has 0 aliphatic carbocycles. The molecule has 0 fully saturated rings. The smallest absolute Gasteiger partial charge is 0.310 e. The van der Waals surface area contributed by atoms with Crippen molar-refractivity contribution in [2.24, 2.45) is 5.41 Å². The van der Waals surface area contributed by atoms with Gasteiger partial charge in [0.15, 0.2) is 0 Å². The minimum Gasteiger partial charge on any atom is -0.507 e. The first-order valence-corrected chi connectivity index (χ1v) is 14.9. The highest BCUT2D eigenvalue weighted by molar-refractivity contribution is 5.81. The summed E-state index contributed by atoms with van der Waals surface area (Å²) in [5, 5.41) is 41.4. The molecule has 4 N–H and O–H groups in total. The van der Waals surface area contributed by atoms with Gasteiger partial charge in [0.05, 0.1) is 11.8 Å². The van der Waals surface area contributed by atoms with Gasteiger partial charge in [0.2, 0.25) is 0 Å². The summed E-state index contributed by atoms with van der Waals surface area (Å²) in [6.07, 6.45) is 3.19. The fraction of sp³-hybridized carbons (Fsp3) is 0.588. The van der Waals surface area contributed by atoms with Gasteiger partial charge in [-0.1, -0.05) is 0 Å². The topological polar surface area (TPSA) is 134 Å². The van der Waals surface area contributed by atoms with E-state index in [9.17, 15) is 30.0 Å². The first kappa shape index (κ1) is 31.5. The molecular formula is C34H46O8. The van der Waals surface area contributed by atoms with Crippen LogP contribution >= 0.6 is 0 Å². The highest BCUT2D eigenvalue weighted by Gasteiger charge is 2.46. The van der Waals surface area contributed by atoms with Crippen molar-refractivity contribution in [3.05, 3.63) is 44.5 Å². The van der Waals surface area contributed by atoms with Gasteiger partial charge in [-0.25, -0.2) is 0 Å². The van der Waals surface area contributed by atoms with Crippen LogP contribution in [0.5, 0.6) is 23.0 Å². The number of fused-ring (bicyclic) bond motifs is 2. The van der Waals surface area contributed by atoms with E-state index in [0.717, 1.165) is 56.0 Å². The minimum absolute atomic E-state index is 0.146. The Balaban J connectivity index is 1.57. The van der Waals surface area contributed by atoms with Gasteiger partial charge >= 0.3 is 11.9 Å². The zero-order valence-corrected chi connectivity index (χ0v) is 26.3. The van der Waals surface area contributed by atoms with E-state index < -0.39 is 35.0 Å². The van der Waals surface area contributed by atoms with Crippen molar-refractivity contribution in [2.75, 3.05) is 0 Å². The third kappa shape index (κ3) is 5.52. The maximum absolute atomic E-state index is 12.9. The van der Waals surface area contributed by atoms with Crippen LogP contribution in [0.15, 0.2) is 0 Å². The quantitative estimate of drug-likeness (QED) is 0.250. The van der Waals surface area contributed by atoms with Crippen LogP contribution in [0.1, 0.15) is 103 Å². The van der Waals surface area contributed by atoms with Crippen LogP contribution < -0.4 is 9.47 Å². The number of phenolic OH excluding ortho intramolecular Hbond substituents is 2. The fourth-order valence-electron chi connectivity index (χ4n) is 6.83. The number of benzene rings is 2. The maximum Gasteiger partial charge on any atom is 0.310 e. The van der Waals surface area contributed by atoms with Crippen molar-refractivity contribution in [1.29, 1.82) is 0 Å². The number of ether oxygens (including phenoxy) is 2. The maximum atomic E-state index is 12.9. The molecule has 8 nitrogen and oxygen atoms in total. The Hall–Kier alpha value is -3.42. The van der Waals surface area contributed by atoms with Crippen LogP contribution in [0, 0.1) is 47.0 Å². The van der Waals surface area contributed by atoms with Gasteiger partial charge < -0.3 is 29.9 Å². The summed E-state index contributed by atoms with van der Waals surface area (Å²) in [6.45, 7) is 15.2. The van der Waals surface area contributed by atoms with Gasteiger partial charge in [0.1, 0.15) is 34.2 Å². The van der Waals surface area contributed by atoms with Gasteiger partial charge in [0, 0.05) is 11.1 Å². The van der Waals surface area contributed by atoms with Crippen LogP contribution in [0.3, 0.4) is 0 Å². The van der Waals surface area contributed by atoms with Gasteiger partial charge in [-0.3, -0.25) is 9.59 Å². The van der Waals surface area contributed by atoms with E-state index in [1.165, 1.54) is 0 Å². The molecule has 2 aliphatic rings. The molecule has 0 aromatic heterocycles. The molecule has 42 heavy (non-hydrogen) atoms. The highest BCUT2D eigenvalue weighted by atomic mass is 16.5. The summed E-state index contributed by atoms with van der Waals surface area (Å²) in [5.74, 6) is -0.224. The second-order valence-corrected chi connectivity index (χ2v) is 13.3. The molecule has 2 atom stereocenters. The average molecular weight is 583 g/mol. The molecule has 2 aliphatic heterocycles. The Kier molecular flexibility index (Phi) is 8.26. The number of carboxylic acid groups (broad SMARTS) is 2. The molecule has 0 radical (unpaired) electrons. The summed E-state index contributed by atoms with van der Waals surface area (Å²) >= 11 is 0. The lowest BCUT2D eigenvalue weighted by Gasteiger charge is -2.42. The van der Waals surface area contributed by atoms with E-state index in [0.29, 0.717) is 38.5 Å². The first-order valence-electron chi connectivity index (χ1n) is 14.9. The summed E-state index contributed by atoms with van der Waals surface area (Å²) in [5.41, 5.74) is 3.97. The molecular weight excluding hydrogens is 536 g/mol. The number of aliphatic carboxylic acids is 2. The van der Waals surface area contributed by atoms with E-state index in [4.69, 9.17) is 9.47 Å². The summed E-state index contributed by atoms with van der Waals surface area (Å²) < 4.78 is 13.1. The molecule has 2 aromatic carbocycles. The molecule has 230 valence electrons. The minimum atomic E-state index is -1.49. The van der Waals surface area contributed by atoms with Gasteiger partial charge in [-0.15, -0.1) is 0 Å². The Morgan fingerprint density at radius 3 is 1.40 bits per heavy atom. The number of hydrogen-bond acceptors (Lipinski definition) is 6. The van der Waals surface area contributed by atoms with E-state index in [1.807, 2.05) is 55.4 Å². The van der Waals surface area contributed by atoms with Gasteiger partial charge in [-0.2, -0.15) is 0 Å². The zero-order chi connectivity index (χ0) is 31.4. The predicted molar refractivity (Wildman–Crippen MR) is 160 cm³/mol. The second-order valence-electron chi connectivity index (χ2n) is 13.3. The zero-order valence-electron chi connectivity index (χ0n) is 26.3. The SMILES string of the molecule is Cc1c(C)c2c(c(C)c1O)CCC(C)(CCC(CCC1(C)CCc3c(C)c(O)c(C)c(C)c3O1)(CC(=O)O)C(=O)O)O2. The molecule has 0 saturated heterocycles. The summed E-state index contributed by atoms with van der Waals surface area (Å²) in [4.78, 5) is 24.9. The van der Waals surface area contributed by atoms with Gasteiger partial charge in [0.25, 0.3) is 0 Å². The van der Waals surface area contributed by atoms with E-state index in [1.54, 1.807) is 0 Å². The molecule has 0 saturated carbocycles. The third-order valence-corrected chi connectivity index (χ3v) is 10.4. The Morgan fingerprint density at radius 2 is 1.07 bits per heavy atom. The second kappa shape index (κ2) is 11.0. The normalized spacial score (nSPS) is 22.8. The van der Waals surface area contributed by atoms with E-state index in [-0.39, 0.29) is 24.3 Å². The number of hydrogen-bond donors (Lipinski definition) is 4. The predicted octanol–water partition coefficient (Wildman–Crippen LogP) is 6.92. The van der Waals surface area contributed by atoms with E-state index >= 15 is 0 Å². The largest absolute Gasteiger partial charge is 0.507 e. The molecule has 2 unspecified atom stereocenters. The number of rotatable bonds is 9. The lowest BCUT2D eigenvalue weighted by Crippen LogP contribution is -2.43. The molecule has 2 heterocycles. The summed E-state index contributed by atoms with van der Waals surface area (Å²) in [6, 6.07) is 0. The number of aromatic hydroxyl groups is 2. The number of carboxylic acids is 2. The van der Waals surface area contributed by atoms with Crippen molar-refractivity contribution in [2.45, 2.75) is 124 Å². The van der Waals surface area contributed by atoms with Crippen LogP contribution in [0.25, 0.3) is 0 Å². The van der Waals surface area contributed by atoms with E-state index in [2.05, 4.69) is 0 Å². The van der Waals surface area contributed by atoms with Crippen LogP contribution in [-0.2, 0) is 22.4 Å². The molecule has 0 bridgehead atoms. The fourth-order valence-corrected chi connectivity index (χ4v) is 6.83. The average Bonchev–Trinajstić information content (AvgIpc) is 2.93. The molecule has 0 amide bonds.